The van der Waals surface area contributed by atoms with E-state index >= 15 is 0 Å². The van der Waals surface area contributed by atoms with E-state index in [1.807, 2.05) is 0 Å². The zero-order chi connectivity index (χ0) is 12.4. The van der Waals surface area contributed by atoms with E-state index in [2.05, 4.69) is 9.94 Å². The van der Waals surface area contributed by atoms with Gasteiger partial charge in [0.25, 0.3) is 5.69 Å². The third kappa shape index (κ3) is 1.95. The van der Waals surface area contributed by atoms with E-state index in [9.17, 15) is 13.9 Å². The highest BCUT2D eigenvalue weighted by molar-refractivity contribution is 5.59. The van der Waals surface area contributed by atoms with E-state index < -0.39 is 23.1 Å². The summed E-state index contributed by atoms with van der Waals surface area (Å²) in [6.45, 7) is 6.62. The van der Waals surface area contributed by atoms with Gasteiger partial charge >= 0.3 is 0 Å². The number of rotatable bonds is 2. The molecule has 2 aromatic rings. The SMILES string of the molecule is [C-]#[N+]c1c(F)cc(Cn2cccn2)c(F)c1O. The van der Waals surface area contributed by atoms with Crippen molar-refractivity contribution in [1.29, 1.82) is 0 Å². The molecule has 0 amide bonds. The molecule has 4 nitrogen and oxygen atoms in total. The summed E-state index contributed by atoms with van der Waals surface area (Å²) in [5.74, 6) is -2.89. The molecule has 0 saturated heterocycles. The molecule has 1 aromatic carbocycles. The first-order valence-electron chi connectivity index (χ1n) is 4.68. The van der Waals surface area contributed by atoms with Gasteiger partial charge in [0.15, 0.2) is 11.6 Å². The van der Waals surface area contributed by atoms with Gasteiger partial charge in [0.05, 0.1) is 13.1 Å². The van der Waals surface area contributed by atoms with Crippen LogP contribution in [0.15, 0.2) is 24.5 Å². The van der Waals surface area contributed by atoms with E-state index in [0.717, 1.165) is 6.07 Å². The molecule has 2 rings (SSSR count). The van der Waals surface area contributed by atoms with Gasteiger partial charge in [-0.2, -0.15) is 5.10 Å². The van der Waals surface area contributed by atoms with Gasteiger partial charge < -0.3 is 5.11 Å². The molecule has 86 valence electrons. The van der Waals surface area contributed by atoms with Crippen molar-refractivity contribution in [3.8, 4) is 5.75 Å². The molecule has 0 spiro atoms. The molecular weight excluding hydrogens is 228 g/mol. The number of aromatic hydroxyl groups is 1. The highest BCUT2D eigenvalue weighted by Gasteiger charge is 2.18. The quantitative estimate of drug-likeness (QED) is 0.812. The Morgan fingerprint density at radius 2 is 2.24 bits per heavy atom. The first-order chi connectivity index (χ1) is 8.13. The summed E-state index contributed by atoms with van der Waals surface area (Å²) in [6.07, 6.45) is 3.08. The van der Waals surface area contributed by atoms with E-state index in [4.69, 9.17) is 6.57 Å². The number of hydrogen-bond donors (Lipinski definition) is 1. The standard InChI is InChI=1S/C11H7F2N3O/c1-14-10-8(12)5-7(9(13)11(10)17)6-16-4-2-3-15-16/h2-5,17H,6H2. The van der Waals surface area contributed by atoms with Crippen LogP contribution in [0.1, 0.15) is 5.56 Å². The minimum absolute atomic E-state index is 0.0123. The van der Waals surface area contributed by atoms with Gasteiger partial charge in [-0.25, -0.2) is 13.6 Å². The van der Waals surface area contributed by atoms with Crippen molar-refractivity contribution < 1.29 is 13.9 Å². The lowest BCUT2D eigenvalue weighted by molar-refractivity contribution is 0.424. The Labute approximate surface area is 95.6 Å². The zero-order valence-corrected chi connectivity index (χ0v) is 8.56. The van der Waals surface area contributed by atoms with Crippen LogP contribution < -0.4 is 0 Å². The number of halogens is 2. The number of phenolic OH excluding ortho intramolecular Hbond substituents is 1. The molecule has 0 saturated carbocycles. The molecule has 1 heterocycles. The second-order valence-electron chi connectivity index (χ2n) is 3.34. The van der Waals surface area contributed by atoms with Gasteiger partial charge in [0.2, 0.25) is 0 Å². The zero-order valence-electron chi connectivity index (χ0n) is 8.56. The molecule has 0 fully saturated rings. The Morgan fingerprint density at radius 1 is 1.47 bits per heavy atom. The van der Waals surface area contributed by atoms with E-state index in [-0.39, 0.29) is 12.1 Å². The first kappa shape index (κ1) is 11.1. The van der Waals surface area contributed by atoms with Crippen LogP contribution >= 0.6 is 0 Å². The van der Waals surface area contributed by atoms with Crippen molar-refractivity contribution >= 4 is 5.69 Å². The molecule has 0 atom stereocenters. The highest BCUT2D eigenvalue weighted by Crippen LogP contribution is 2.34. The summed E-state index contributed by atoms with van der Waals surface area (Å²) < 4.78 is 28.4. The molecule has 0 bridgehead atoms. The predicted molar refractivity (Wildman–Crippen MR) is 55.6 cm³/mol. The number of nitrogens with zero attached hydrogens (tertiary/aromatic N) is 3. The van der Waals surface area contributed by atoms with Crippen LogP contribution in [0.5, 0.6) is 5.75 Å². The normalized spacial score (nSPS) is 10.2. The molecule has 17 heavy (non-hydrogen) atoms. The lowest BCUT2D eigenvalue weighted by Crippen LogP contribution is -2.03. The Bertz CT molecular complexity index is 588. The van der Waals surface area contributed by atoms with Crippen LogP contribution in [-0.4, -0.2) is 14.9 Å². The highest BCUT2D eigenvalue weighted by atomic mass is 19.1. The molecule has 0 unspecified atom stereocenters. The lowest BCUT2D eigenvalue weighted by Gasteiger charge is -2.07. The van der Waals surface area contributed by atoms with Crippen molar-refractivity contribution in [2.45, 2.75) is 6.54 Å². The van der Waals surface area contributed by atoms with Gasteiger partial charge in [-0.15, -0.1) is 0 Å². The Hall–Kier alpha value is -2.42. The minimum Gasteiger partial charge on any atom is -0.516 e. The average molecular weight is 235 g/mol. The van der Waals surface area contributed by atoms with E-state index in [0.29, 0.717) is 0 Å². The first-order valence-corrected chi connectivity index (χ1v) is 4.68. The van der Waals surface area contributed by atoms with Gasteiger partial charge in [-0.3, -0.25) is 4.68 Å². The second kappa shape index (κ2) is 4.22. The van der Waals surface area contributed by atoms with Crippen LogP contribution in [-0.2, 0) is 6.54 Å². The maximum Gasteiger partial charge on any atom is 0.265 e. The van der Waals surface area contributed by atoms with Crippen molar-refractivity contribution in [2.24, 2.45) is 0 Å². The number of phenols is 1. The fourth-order valence-electron chi connectivity index (χ4n) is 1.44. The molecule has 0 aliphatic carbocycles. The third-order valence-electron chi connectivity index (χ3n) is 2.24. The maximum absolute atomic E-state index is 13.6. The smallest absolute Gasteiger partial charge is 0.265 e. The van der Waals surface area contributed by atoms with Crippen molar-refractivity contribution in [3.63, 3.8) is 0 Å². The van der Waals surface area contributed by atoms with Crippen LogP contribution in [0.25, 0.3) is 4.85 Å². The van der Waals surface area contributed by atoms with Gasteiger partial charge in [-0.05, 0) is 12.1 Å². The summed E-state index contributed by atoms with van der Waals surface area (Å²) in [7, 11) is 0. The van der Waals surface area contributed by atoms with Gasteiger partial charge in [-0.1, -0.05) is 0 Å². The lowest BCUT2D eigenvalue weighted by atomic mass is 10.1. The number of hydrogen-bond acceptors (Lipinski definition) is 2. The molecule has 1 aromatic heterocycles. The van der Waals surface area contributed by atoms with Gasteiger partial charge in [0, 0.05) is 18.0 Å². The fraction of sp³-hybridized carbons (Fsp3) is 0.0909. The van der Waals surface area contributed by atoms with E-state index in [1.165, 1.54) is 10.9 Å². The topological polar surface area (TPSA) is 42.4 Å². The van der Waals surface area contributed by atoms with Crippen LogP contribution in [0.3, 0.4) is 0 Å². The fourth-order valence-corrected chi connectivity index (χ4v) is 1.44. The summed E-state index contributed by atoms with van der Waals surface area (Å²) in [4.78, 5) is 2.73. The van der Waals surface area contributed by atoms with Crippen LogP contribution in [0.4, 0.5) is 14.5 Å². The molecular formula is C11H7F2N3O. The number of benzene rings is 1. The average Bonchev–Trinajstić information content (AvgIpc) is 2.79. The Morgan fingerprint density at radius 3 is 2.82 bits per heavy atom. The Balaban J connectivity index is 2.47. The maximum atomic E-state index is 13.6. The van der Waals surface area contributed by atoms with Crippen LogP contribution in [0, 0.1) is 18.2 Å². The molecule has 1 N–H and O–H groups in total. The van der Waals surface area contributed by atoms with Crippen molar-refractivity contribution in [3.05, 3.63) is 53.1 Å². The van der Waals surface area contributed by atoms with Crippen LogP contribution in [0.2, 0.25) is 0 Å². The van der Waals surface area contributed by atoms with Crippen molar-refractivity contribution in [2.75, 3.05) is 0 Å². The summed E-state index contributed by atoms with van der Waals surface area (Å²) in [6, 6.07) is 2.53. The van der Waals surface area contributed by atoms with Crippen molar-refractivity contribution in [1.82, 2.24) is 9.78 Å². The van der Waals surface area contributed by atoms with Gasteiger partial charge in [0.1, 0.15) is 5.82 Å². The third-order valence-corrected chi connectivity index (χ3v) is 2.24. The van der Waals surface area contributed by atoms with E-state index in [1.54, 1.807) is 12.3 Å². The summed E-state index contributed by atoms with van der Waals surface area (Å²) in [5, 5.41) is 13.2. The molecule has 6 heteroatoms. The molecule has 0 radical (unpaired) electrons. The molecule has 0 aliphatic rings. The predicted octanol–water partition coefficient (Wildman–Crippen LogP) is 2.47. The summed E-state index contributed by atoms with van der Waals surface area (Å²) >= 11 is 0. The second-order valence-corrected chi connectivity index (χ2v) is 3.34. The monoisotopic (exact) mass is 235 g/mol. The Kier molecular flexibility index (Phi) is 2.75. The largest absolute Gasteiger partial charge is 0.516 e. The number of aromatic nitrogens is 2. The minimum atomic E-state index is -0.993. The summed E-state index contributed by atoms with van der Waals surface area (Å²) in [5.41, 5.74) is -0.761. The molecule has 0 aliphatic heterocycles.